The first-order valence-corrected chi connectivity index (χ1v) is 12.7. The van der Waals surface area contributed by atoms with Gasteiger partial charge in [0.1, 0.15) is 0 Å². The molecule has 2 aliphatic rings. The van der Waals surface area contributed by atoms with Crippen molar-refractivity contribution in [2.75, 3.05) is 0 Å². The van der Waals surface area contributed by atoms with Gasteiger partial charge in [0.05, 0.1) is 16.8 Å². The highest BCUT2D eigenvalue weighted by molar-refractivity contribution is 9.10. The van der Waals surface area contributed by atoms with Crippen LogP contribution in [0.25, 0.3) is 22.2 Å². The maximum Gasteiger partial charge on any atom is 0.252 e. The van der Waals surface area contributed by atoms with E-state index in [4.69, 9.17) is 4.98 Å². The number of halogens is 1. The van der Waals surface area contributed by atoms with Crippen molar-refractivity contribution < 1.29 is 4.79 Å². The molecular weight excluding hydrogens is 460 g/mol. The van der Waals surface area contributed by atoms with E-state index in [0.29, 0.717) is 17.4 Å². The van der Waals surface area contributed by atoms with Gasteiger partial charge in [-0.3, -0.25) is 4.79 Å². The van der Waals surface area contributed by atoms with Gasteiger partial charge in [0.15, 0.2) is 0 Å². The first kappa shape index (κ1) is 21.6. The molecule has 1 amide bonds. The van der Waals surface area contributed by atoms with Gasteiger partial charge in [-0.1, -0.05) is 60.5 Å². The van der Waals surface area contributed by atoms with Crippen LogP contribution in [0.2, 0.25) is 0 Å². The molecule has 3 nitrogen and oxygen atoms in total. The van der Waals surface area contributed by atoms with Gasteiger partial charge >= 0.3 is 0 Å². The Hall–Kier alpha value is -2.20. The summed E-state index contributed by atoms with van der Waals surface area (Å²) in [5, 5.41) is 4.24. The van der Waals surface area contributed by atoms with Gasteiger partial charge in [-0.2, -0.15) is 0 Å². The number of carbonyl (C=O) groups is 1. The number of nitrogens with zero attached hydrogens (tertiary/aromatic N) is 1. The van der Waals surface area contributed by atoms with Crippen LogP contribution in [0.1, 0.15) is 68.3 Å². The summed E-state index contributed by atoms with van der Waals surface area (Å²) in [5.41, 5.74) is 4.73. The fourth-order valence-electron chi connectivity index (χ4n) is 5.87. The van der Waals surface area contributed by atoms with E-state index >= 15 is 0 Å². The van der Waals surface area contributed by atoms with E-state index in [1.807, 2.05) is 24.3 Å². The van der Waals surface area contributed by atoms with E-state index in [9.17, 15) is 4.79 Å². The second-order valence-corrected chi connectivity index (χ2v) is 11.0. The summed E-state index contributed by atoms with van der Waals surface area (Å²) in [6.07, 6.45) is 5.33. The highest BCUT2D eigenvalue weighted by Crippen LogP contribution is 2.49. The Morgan fingerprint density at radius 2 is 1.81 bits per heavy atom. The summed E-state index contributed by atoms with van der Waals surface area (Å²) in [6.45, 7) is 6.58. The second kappa shape index (κ2) is 8.62. The van der Waals surface area contributed by atoms with Crippen molar-refractivity contribution >= 4 is 32.7 Å². The Labute approximate surface area is 199 Å². The maximum atomic E-state index is 13.5. The van der Waals surface area contributed by atoms with Gasteiger partial charge in [-0.25, -0.2) is 4.98 Å². The van der Waals surface area contributed by atoms with Gasteiger partial charge < -0.3 is 5.32 Å². The quantitative estimate of drug-likeness (QED) is 0.406. The first-order chi connectivity index (χ1) is 15.4. The molecule has 32 heavy (non-hydrogen) atoms. The summed E-state index contributed by atoms with van der Waals surface area (Å²) < 4.78 is 0.955. The molecule has 2 saturated carbocycles. The molecule has 0 aliphatic heterocycles. The molecule has 1 aromatic heterocycles. The molecule has 2 bridgehead atoms. The Morgan fingerprint density at radius 1 is 1.03 bits per heavy atom. The van der Waals surface area contributed by atoms with Crippen LogP contribution in [0.15, 0.2) is 53.0 Å². The molecule has 5 rings (SSSR count). The number of aromatic nitrogens is 1. The standard InChI is InChI=1S/C28H31BrN2O/c1-16(2)19-6-8-20(9-7-19)27-15-25(24-14-22(29)10-11-26(24)31-27)28(32)30-17(3)23-13-18-4-5-21(23)12-18/h6-11,14-18,21,23H,4-5,12-13H2,1-3H3,(H,30,32)/t17-,18-,21-,23+/m1/s1. The van der Waals surface area contributed by atoms with Crippen molar-refractivity contribution in [3.05, 3.63) is 64.1 Å². The molecule has 0 spiro atoms. The second-order valence-electron chi connectivity index (χ2n) is 10.1. The molecule has 2 fully saturated rings. The monoisotopic (exact) mass is 490 g/mol. The van der Waals surface area contributed by atoms with Crippen molar-refractivity contribution in [3.8, 4) is 11.3 Å². The molecule has 166 valence electrons. The summed E-state index contributed by atoms with van der Waals surface area (Å²) in [4.78, 5) is 18.4. The van der Waals surface area contributed by atoms with Gasteiger partial charge in [0.25, 0.3) is 5.91 Å². The molecule has 2 aliphatic carbocycles. The van der Waals surface area contributed by atoms with Crippen molar-refractivity contribution in [2.24, 2.45) is 17.8 Å². The van der Waals surface area contributed by atoms with Gasteiger partial charge in [-0.15, -0.1) is 0 Å². The zero-order valence-electron chi connectivity index (χ0n) is 19.1. The van der Waals surface area contributed by atoms with Crippen LogP contribution in [0.5, 0.6) is 0 Å². The zero-order chi connectivity index (χ0) is 22.4. The van der Waals surface area contributed by atoms with Crippen molar-refractivity contribution in [3.63, 3.8) is 0 Å². The number of amides is 1. The molecule has 3 aromatic rings. The predicted octanol–water partition coefficient (Wildman–Crippen LogP) is 7.34. The number of benzene rings is 2. The van der Waals surface area contributed by atoms with Gasteiger partial charge in [-0.05, 0) is 79.7 Å². The van der Waals surface area contributed by atoms with Crippen LogP contribution in [0.4, 0.5) is 0 Å². The smallest absolute Gasteiger partial charge is 0.252 e. The van der Waals surface area contributed by atoms with E-state index in [2.05, 4.69) is 66.3 Å². The first-order valence-electron chi connectivity index (χ1n) is 11.9. The van der Waals surface area contributed by atoms with E-state index in [1.54, 1.807) is 0 Å². The Bertz CT molecular complexity index is 1150. The Kier molecular flexibility index (Phi) is 5.83. The SMILES string of the molecule is CC(C)c1ccc(-c2cc(C(=O)N[C@H](C)[C@@H]3C[C@@H]4CC[C@@H]3C4)c3cc(Br)ccc3n2)cc1. The molecule has 0 unspecified atom stereocenters. The van der Waals surface area contributed by atoms with E-state index in [1.165, 1.54) is 31.2 Å². The number of pyridine rings is 1. The largest absolute Gasteiger partial charge is 0.349 e. The lowest BCUT2D eigenvalue weighted by Crippen LogP contribution is -2.40. The van der Waals surface area contributed by atoms with Gasteiger partial charge in [0, 0.05) is 21.5 Å². The lowest BCUT2D eigenvalue weighted by molar-refractivity contribution is 0.0917. The third-order valence-electron chi connectivity index (χ3n) is 7.68. The fourth-order valence-corrected chi connectivity index (χ4v) is 6.23. The lowest BCUT2D eigenvalue weighted by atomic mass is 9.84. The highest BCUT2D eigenvalue weighted by atomic mass is 79.9. The van der Waals surface area contributed by atoms with Crippen LogP contribution < -0.4 is 5.32 Å². The Morgan fingerprint density at radius 3 is 2.47 bits per heavy atom. The zero-order valence-corrected chi connectivity index (χ0v) is 20.7. The highest BCUT2D eigenvalue weighted by Gasteiger charge is 2.42. The summed E-state index contributed by atoms with van der Waals surface area (Å²) in [6, 6.07) is 16.7. The number of hydrogen-bond acceptors (Lipinski definition) is 2. The number of hydrogen-bond donors (Lipinski definition) is 1. The molecule has 1 N–H and O–H groups in total. The normalized spacial score (nSPS) is 23.1. The third-order valence-corrected chi connectivity index (χ3v) is 8.18. The topological polar surface area (TPSA) is 42.0 Å². The molecule has 4 atom stereocenters. The van der Waals surface area contributed by atoms with Gasteiger partial charge in [0.2, 0.25) is 0 Å². The average molecular weight is 491 g/mol. The van der Waals surface area contributed by atoms with Crippen LogP contribution >= 0.6 is 15.9 Å². The summed E-state index contributed by atoms with van der Waals surface area (Å²) in [5.74, 6) is 2.77. The van der Waals surface area contributed by atoms with E-state index in [-0.39, 0.29) is 11.9 Å². The molecule has 0 saturated heterocycles. The number of nitrogens with one attached hydrogen (secondary N) is 1. The fraction of sp³-hybridized carbons (Fsp3) is 0.429. The minimum Gasteiger partial charge on any atom is -0.349 e. The van der Waals surface area contributed by atoms with Crippen LogP contribution in [0.3, 0.4) is 0 Å². The van der Waals surface area contributed by atoms with Crippen LogP contribution in [-0.4, -0.2) is 16.9 Å². The van der Waals surface area contributed by atoms with Crippen molar-refractivity contribution in [1.29, 1.82) is 0 Å². The lowest BCUT2D eigenvalue weighted by Gasteiger charge is -2.28. The summed E-state index contributed by atoms with van der Waals surface area (Å²) in [7, 11) is 0. The maximum absolute atomic E-state index is 13.5. The Balaban J connectivity index is 1.49. The average Bonchev–Trinajstić information content (AvgIpc) is 3.42. The molecule has 4 heteroatoms. The van der Waals surface area contributed by atoms with E-state index in [0.717, 1.165) is 38.5 Å². The molecule has 2 aromatic carbocycles. The molecule has 1 heterocycles. The summed E-state index contributed by atoms with van der Waals surface area (Å²) >= 11 is 3.57. The van der Waals surface area contributed by atoms with Crippen molar-refractivity contribution in [1.82, 2.24) is 10.3 Å². The number of fused-ring (bicyclic) bond motifs is 3. The van der Waals surface area contributed by atoms with Crippen molar-refractivity contribution in [2.45, 2.75) is 58.4 Å². The number of rotatable bonds is 5. The minimum absolute atomic E-state index is 0.00539. The predicted molar refractivity (Wildman–Crippen MR) is 135 cm³/mol. The number of carbonyl (C=O) groups excluding carboxylic acids is 1. The third kappa shape index (κ3) is 4.10. The minimum atomic E-state index is 0.00539. The van der Waals surface area contributed by atoms with E-state index < -0.39 is 0 Å². The van der Waals surface area contributed by atoms with Crippen LogP contribution in [0, 0.1) is 17.8 Å². The van der Waals surface area contributed by atoms with Crippen LogP contribution in [-0.2, 0) is 0 Å². The molecule has 0 radical (unpaired) electrons. The molecular formula is C28H31BrN2O.